The van der Waals surface area contributed by atoms with Crippen LogP contribution in [-0.2, 0) is 9.47 Å². The normalized spacial score (nSPS) is 25.8. The third-order valence-electron chi connectivity index (χ3n) is 4.48. The van der Waals surface area contributed by atoms with Gasteiger partial charge in [0.2, 0.25) is 0 Å². The Hall–Kier alpha value is -0.160. The van der Waals surface area contributed by atoms with Crippen LogP contribution in [0.5, 0.6) is 0 Å². The van der Waals surface area contributed by atoms with Gasteiger partial charge in [-0.1, -0.05) is 0 Å². The molecule has 2 aliphatic heterocycles. The molecule has 0 spiro atoms. The van der Waals surface area contributed by atoms with Crippen molar-refractivity contribution >= 4 is 0 Å². The highest BCUT2D eigenvalue weighted by atomic mass is 16.6. The third kappa shape index (κ3) is 7.02. The van der Waals surface area contributed by atoms with Crippen molar-refractivity contribution in [1.29, 1.82) is 0 Å². The van der Waals surface area contributed by atoms with Gasteiger partial charge in [-0.2, -0.15) is 0 Å². The lowest BCUT2D eigenvalue weighted by atomic mass is 10.1. The molecule has 2 atom stereocenters. The summed E-state index contributed by atoms with van der Waals surface area (Å²) in [6.45, 7) is 6.91. The van der Waals surface area contributed by atoms with Gasteiger partial charge in [0.1, 0.15) is 25.3 Å². The van der Waals surface area contributed by atoms with Gasteiger partial charge < -0.3 is 18.4 Å². The number of likely N-dealkylation sites (N-methyl/N-ethyl adjacent to an activating group) is 2. The molecule has 2 fully saturated rings. The Morgan fingerprint density at radius 2 is 1.05 bits per heavy atom. The van der Waals surface area contributed by atoms with E-state index in [0.717, 1.165) is 22.2 Å². The molecule has 0 N–H and O–H groups in total. The first-order valence-corrected chi connectivity index (χ1v) is 8.24. The van der Waals surface area contributed by atoms with E-state index in [9.17, 15) is 0 Å². The summed E-state index contributed by atoms with van der Waals surface area (Å²) in [6, 6.07) is 0. The maximum absolute atomic E-state index is 5.34. The minimum absolute atomic E-state index is 0.549. The molecule has 20 heavy (non-hydrogen) atoms. The molecular weight excluding hydrogens is 252 g/mol. The number of nitrogens with zero attached hydrogens (tertiary/aromatic N) is 2. The number of unbranched alkanes of at least 4 members (excludes halogenated alkanes) is 3. The average molecular weight is 286 g/mol. The van der Waals surface area contributed by atoms with Crippen molar-refractivity contribution in [2.75, 3.05) is 67.6 Å². The molecule has 4 heteroatoms. The molecule has 0 aromatic rings. The zero-order chi connectivity index (χ0) is 14.6. The van der Waals surface area contributed by atoms with Crippen LogP contribution in [0.2, 0.25) is 0 Å². The highest BCUT2D eigenvalue weighted by molar-refractivity contribution is 4.68. The van der Waals surface area contributed by atoms with E-state index in [4.69, 9.17) is 9.47 Å². The van der Waals surface area contributed by atoms with Crippen molar-refractivity contribution in [3.8, 4) is 0 Å². The summed E-state index contributed by atoms with van der Waals surface area (Å²) in [6.07, 6.45) is 6.53. The summed E-state index contributed by atoms with van der Waals surface area (Å²) in [5.41, 5.74) is 0. The number of ether oxygens (including phenoxy) is 2. The fraction of sp³-hybridized carbons (Fsp3) is 1.00. The van der Waals surface area contributed by atoms with Crippen molar-refractivity contribution in [2.45, 2.75) is 37.9 Å². The minimum Gasteiger partial charge on any atom is -0.367 e. The molecule has 2 saturated heterocycles. The molecule has 118 valence electrons. The van der Waals surface area contributed by atoms with Gasteiger partial charge in [-0.05, 0) is 25.7 Å². The number of rotatable bonds is 11. The number of epoxide rings is 2. The molecular formula is C16H34N2O2+2. The molecule has 0 radical (unpaired) electrons. The zero-order valence-corrected chi connectivity index (χ0v) is 13.9. The van der Waals surface area contributed by atoms with E-state index in [1.807, 2.05) is 0 Å². The van der Waals surface area contributed by atoms with Crippen LogP contribution in [0.4, 0.5) is 0 Å². The van der Waals surface area contributed by atoms with Gasteiger partial charge in [-0.3, -0.25) is 0 Å². The Morgan fingerprint density at radius 3 is 1.35 bits per heavy atom. The van der Waals surface area contributed by atoms with E-state index in [0.29, 0.717) is 12.2 Å². The Morgan fingerprint density at radius 1 is 0.700 bits per heavy atom. The van der Waals surface area contributed by atoms with Gasteiger partial charge in [0.05, 0.1) is 54.5 Å². The number of hydrogen-bond acceptors (Lipinski definition) is 2. The maximum atomic E-state index is 5.34. The summed E-state index contributed by atoms with van der Waals surface area (Å²) < 4.78 is 12.9. The molecule has 2 unspecified atom stereocenters. The van der Waals surface area contributed by atoms with Gasteiger partial charge in [-0.25, -0.2) is 0 Å². The first-order chi connectivity index (χ1) is 9.36. The van der Waals surface area contributed by atoms with E-state index < -0.39 is 0 Å². The van der Waals surface area contributed by atoms with Crippen molar-refractivity contribution in [1.82, 2.24) is 0 Å². The Kier molecular flexibility index (Phi) is 5.46. The lowest BCUT2D eigenvalue weighted by Gasteiger charge is -2.30. The van der Waals surface area contributed by atoms with E-state index in [2.05, 4.69) is 28.2 Å². The van der Waals surface area contributed by atoms with E-state index >= 15 is 0 Å². The molecule has 4 nitrogen and oxygen atoms in total. The van der Waals surface area contributed by atoms with Gasteiger partial charge >= 0.3 is 0 Å². The molecule has 2 heterocycles. The first kappa shape index (κ1) is 16.2. The van der Waals surface area contributed by atoms with Crippen molar-refractivity contribution < 1.29 is 18.4 Å². The summed E-state index contributed by atoms with van der Waals surface area (Å²) in [5, 5.41) is 0. The average Bonchev–Trinajstić information content (AvgIpc) is 3.20. The molecule has 0 aliphatic carbocycles. The van der Waals surface area contributed by atoms with Crippen LogP contribution in [0, 0.1) is 0 Å². The summed E-state index contributed by atoms with van der Waals surface area (Å²) in [7, 11) is 9.32. The highest BCUT2D eigenvalue weighted by Gasteiger charge is 2.32. The molecule has 0 aromatic carbocycles. The van der Waals surface area contributed by atoms with Crippen LogP contribution in [0.25, 0.3) is 0 Å². The van der Waals surface area contributed by atoms with Crippen molar-refractivity contribution in [3.63, 3.8) is 0 Å². The van der Waals surface area contributed by atoms with Crippen LogP contribution < -0.4 is 0 Å². The van der Waals surface area contributed by atoms with Gasteiger partial charge in [0.15, 0.2) is 0 Å². The van der Waals surface area contributed by atoms with Crippen LogP contribution in [0.3, 0.4) is 0 Å². The summed E-state index contributed by atoms with van der Waals surface area (Å²) in [5.74, 6) is 0. The standard InChI is InChI=1S/C16H34N2O2/c1-17(2,11-15-13-19-15)9-7-5-6-8-10-18(3,4)12-16-14-20-16/h15-16H,5-14H2,1-4H3/q+2. The van der Waals surface area contributed by atoms with E-state index in [1.165, 1.54) is 51.9 Å². The summed E-state index contributed by atoms with van der Waals surface area (Å²) >= 11 is 0. The quantitative estimate of drug-likeness (QED) is 0.327. The second kappa shape index (κ2) is 6.73. The fourth-order valence-electron chi connectivity index (χ4n) is 3.07. The van der Waals surface area contributed by atoms with Gasteiger partial charge in [-0.15, -0.1) is 0 Å². The third-order valence-corrected chi connectivity index (χ3v) is 4.48. The first-order valence-electron chi connectivity index (χ1n) is 8.24. The molecule has 2 rings (SSSR count). The van der Waals surface area contributed by atoms with Crippen LogP contribution in [-0.4, -0.2) is 88.8 Å². The van der Waals surface area contributed by atoms with Crippen molar-refractivity contribution in [2.24, 2.45) is 0 Å². The zero-order valence-electron chi connectivity index (χ0n) is 13.9. The van der Waals surface area contributed by atoms with Crippen LogP contribution >= 0.6 is 0 Å². The van der Waals surface area contributed by atoms with Gasteiger partial charge in [0, 0.05) is 0 Å². The lowest BCUT2D eigenvalue weighted by molar-refractivity contribution is -0.891. The largest absolute Gasteiger partial charge is 0.367 e. The molecule has 0 amide bonds. The lowest BCUT2D eigenvalue weighted by Crippen LogP contribution is -2.43. The van der Waals surface area contributed by atoms with Gasteiger partial charge in [0.25, 0.3) is 0 Å². The highest BCUT2D eigenvalue weighted by Crippen LogP contribution is 2.17. The fourth-order valence-corrected chi connectivity index (χ4v) is 3.07. The van der Waals surface area contributed by atoms with E-state index in [1.54, 1.807) is 0 Å². The Bertz CT molecular complexity index is 267. The topological polar surface area (TPSA) is 25.1 Å². The predicted molar refractivity (Wildman–Crippen MR) is 81.6 cm³/mol. The Labute approximate surface area is 124 Å². The van der Waals surface area contributed by atoms with E-state index in [-0.39, 0.29) is 0 Å². The Balaban J connectivity index is 1.46. The SMILES string of the molecule is C[N+](C)(CCCCCC[N+](C)(C)CC1CO1)CC1CO1. The second-order valence-corrected chi connectivity index (χ2v) is 8.01. The monoisotopic (exact) mass is 286 g/mol. The molecule has 0 bridgehead atoms. The molecule has 2 aliphatic rings. The maximum Gasteiger partial charge on any atom is 0.130 e. The van der Waals surface area contributed by atoms with Crippen molar-refractivity contribution in [3.05, 3.63) is 0 Å². The number of hydrogen-bond donors (Lipinski definition) is 0. The molecule has 0 aromatic heterocycles. The minimum atomic E-state index is 0.549. The summed E-state index contributed by atoms with van der Waals surface area (Å²) in [4.78, 5) is 0. The van der Waals surface area contributed by atoms with Crippen LogP contribution in [0.1, 0.15) is 25.7 Å². The number of quaternary nitrogens is 2. The smallest absolute Gasteiger partial charge is 0.130 e. The molecule has 0 saturated carbocycles. The van der Waals surface area contributed by atoms with Crippen LogP contribution in [0.15, 0.2) is 0 Å². The predicted octanol–water partition coefficient (Wildman–Crippen LogP) is 1.50. The second-order valence-electron chi connectivity index (χ2n) is 8.01.